The molecule has 10 nitrogen and oxygen atoms in total. The molecule has 0 atom stereocenters. The normalized spacial score (nSPS) is 14.1. The molecule has 3 rings (SSSR count). The minimum absolute atomic E-state index is 0.170. The summed E-state index contributed by atoms with van der Waals surface area (Å²) in [6, 6.07) is 3.53. The molecule has 1 saturated heterocycles. The Labute approximate surface area is 158 Å². The van der Waals surface area contributed by atoms with E-state index in [9.17, 15) is 0 Å². The molecule has 1 aliphatic rings. The second-order valence-electron chi connectivity index (χ2n) is 5.87. The standard InChI is InChI=1S/C17H25N7O3/c1-3-5-8-18-15-19-16(24-9-11-25-12-10-24)21-17(20-15)27-14-7-6-13(22-23-14)26-4-2/h6-7H,3-5,8-12H2,1-2H3,(H,18,19,20,21). The van der Waals surface area contributed by atoms with Crippen molar-refractivity contribution >= 4 is 11.9 Å². The molecule has 0 aliphatic carbocycles. The third kappa shape index (κ3) is 5.61. The highest BCUT2D eigenvalue weighted by Gasteiger charge is 2.17. The first-order valence-electron chi connectivity index (χ1n) is 9.25. The maximum absolute atomic E-state index is 5.70. The van der Waals surface area contributed by atoms with Gasteiger partial charge in [0.25, 0.3) is 0 Å². The van der Waals surface area contributed by atoms with E-state index < -0.39 is 0 Å². The Morgan fingerprint density at radius 1 is 1.07 bits per heavy atom. The van der Waals surface area contributed by atoms with Crippen LogP contribution in [0.3, 0.4) is 0 Å². The van der Waals surface area contributed by atoms with Gasteiger partial charge in [-0.05, 0) is 13.3 Å². The minimum Gasteiger partial charge on any atom is -0.477 e. The van der Waals surface area contributed by atoms with Gasteiger partial charge in [-0.3, -0.25) is 0 Å². The van der Waals surface area contributed by atoms with Crippen LogP contribution in [0.2, 0.25) is 0 Å². The molecule has 27 heavy (non-hydrogen) atoms. The highest BCUT2D eigenvalue weighted by atomic mass is 16.5. The molecule has 10 heteroatoms. The first-order chi connectivity index (χ1) is 13.3. The number of morpholine rings is 1. The van der Waals surface area contributed by atoms with Crippen LogP contribution in [-0.2, 0) is 4.74 Å². The van der Waals surface area contributed by atoms with Crippen LogP contribution in [0, 0.1) is 0 Å². The topological polar surface area (TPSA) is 107 Å². The Bertz CT molecular complexity index is 708. The number of hydrogen-bond acceptors (Lipinski definition) is 10. The van der Waals surface area contributed by atoms with Crippen molar-refractivity contribution in [1.29, 1.82) is 0 Å². The molecule has 0 bridgehead atoms. The van der Waals surface area contributed by atoms with E-state index in [1.165, 1.54) is 0 Å². The molecule has 3 heterocycles. The number of anilines is 2. The largest absolute Gasteiger partial charge is 0.477 e. The third-order valence-electron chi connectivity index (χ3n) is 3.81. The van der Waals surface area contributed by atoms with Crippen molar-refractivity contribution in [3.63, 3.8) is 0 Å². The maximum atomic E-state index is 5.70. The highest BCUT2D eigenvalue weighted by molar-refractivity contribution is 5.39. The zero-order valence-corrected chi connectivity index (χ0v) is 15.7. The van der Waals surface area contributed by atoms with E-state index in [1.54, 1.807) is 12.1 Å². The lowest BCUT2D eigenvalue weighted by atomic mass is 10.3. The average molecular weight is 375 g/mol. The minimum atomic E-state index is 0.170. The predicted molar refractivity (Wildman–Crippen MR) is 99.5 cm³/mol. The van der Waals surface area contributed by atoms with Crippen LogP contribution in [-0.4, -0.2) is 64.6 Å². The van der Waals surface area contributed by atoms with Gasteiger partial charge in [-0.25, -0.2) is 0 Å². The van der Waals surface area contributed by atoms with Gasteiger partial charge in [0, 0.05) is 31.8 Å². The summed E-state index contributed by atoms with van der Waals surface area (Å²) in [7, 11) is 0. The highest BCUT2D eigenvalue weighted by Crippen LogP contribution is 2.21. The molecule has 2 aromatic rings. The van der Waals surface area contributed by atoms with E-state index in [2.05, 4.69) is 37.4 Å². The molecule has 1 fully saturated rings. The van der Waals surface area contributed by atoms with Crippen molar-refractivity contribution < 1.29 is 14.2 Å². The fourth-order valence-electron chi connectivity index (χ4n) is 2.43. The van der Waals surface area contributed by atoms with Crippen LogP contribution in [0.15, 0.2) is 12.1 Å². The Hall–Kier alpha value is -2.75. The number of hydrogen-bond donors (Lipinski definition) is 1. The first-order valence-corrected chi connectivity index (χ1v) is 9.25. The van der Waals surface area contributed by atoms with Crippen LogP contribution in [0.25, 0.3) is 0 Å². The van der Waals surface area contributed by atoms with Gasteiger partial charge in [0.1, 0.15) is 0 Å². The SMILES string of the molecule is CCCCNc1nc(Oc2ccc(OCC)nn2)nc(N2CCOCC2)n1. The summed E-state index contributed by atoms with van der Waals surface area (Å²) in [5.41, 5.74) is 0. The fraction of sp³-hybridized carbons (Fsp3) is 0.588. The number of nitrogens with one attached hydrogen (secondary N) is 1. The van der Waals surface area contributed by atoms with Crippen molar-refractivity contribution in [3.8, 4) is 17.8 Å². The van der Waals surface area contributed by atoms with Gasteiger partial charge in [0.2, 0.25) is 23.7 Å². The van der Waals surface area contributed by atoms with Crippen LogP contribution in [0.1, 0.15) is 26.7 Å². The van der Waals surface area contributed by atoms with Gasteiger partial charge in [-0.15, -0.1) is 10.2 Å². The number of nitrogens with zero attached hydrogens (tertiary/aromatic N) is 6. The van der Waals surface area contributed by atoms with E-state index in [4.69, 9.17) is 14.2 Å². The van der Waals surface area contributed by atoms with E-state index in [1.807, 2.05) is 11.8 Å². The Morgan fingerprint density at radius 2 is 1.85 bits per heavy atom. The lowest BCUT2D eigenvalue weighted by Gasteiger charge is -2.26. The summed E-state index contributed by atoms with van der Waals surface area (Å²) in [6.07, 6.45) is 2.11. The number of rotatable bonds is 9. The zero-order valence-electron chi connectivity index (χ0n) is 15.7. The van der Waals surface area contributed by atoms with Gasteiger partial charge in [0.05, 0.1) is 19.8 Å². The van der Waals surface area contributed by atoms with E-state index in [-0.39, 0.29) is 11.9 Å². The van der Waals surface area contributed by atoms with Gasteiger partial charge < -0.3 is 24.4 Å². The molecule has 0 radical (unpaired) electrons. The fourth-order valence-corrected chi connectivity index (χ4v) is 2.43. The van der Waals surface area contributed by atoms with E-state index in [0.29, 0.717) is 37.6 Å². The quantitative estimate of drug-likeness (QED) is 0.653. The molecule has 1 aliphatic heterocycles. The molecule has 1 N–H and O–H groups in total. The molecule has 0 amide bonds. The second-order valence-corrected chi connectivity index (χ2v) is 5.87. The molecular weight excluding hydrogens is 350 g/mol. The molecule has 0 saturated carbocycles. The number of ether oxygens (including phenoxy) is 3. The molecule has 2 aromatic heterocycles. The van der Waals surface area contributed by atoms with Crippen molar-refractivity contribution in [2.24, 2.45) is 0 Å². The Morgan fingerprint density at radius 3 is 2.56 bits per heavy atom. The van der Waals surface area contributed by atoms with Crippen molar-refractivity contribution in [1.82, 2.24) is 25.1 Å². The average Bonchev–Trinajstić information content (AvgIpc) is 2.70. The molecular formula is C17H25N7O3. The maximum Gasteiger partial charge on any atom is 0.330 e. The van der Waals surface area contributed by atoms with Crippen LogP contribution in [0.5, 0.6) is 17.8 Å². The summed E-state index contributed by atoms with van der Waals surface area (Å²) in [6.45, 7) is 8.06. The monoisotopic (exact) mass is 375 g/mol. The lowest BCUT2D eigenvalue weighted by molar-refractivity contribution is 0.122. The predicted octanol–water partition coefficient (Wildman–Crippen LogP) is 1.90. The first kappa shape index (κ1) is 19.0. The van der Waals surface area contributed by atoms with E-state index in [0.717, 1.165) is 32.5 Å². The number of unbranched alkanes of at least 4 members (excludes halogenated alkanes) is 1. The Balaban J connectivity index is 1.77. The summed E-state index contributed by atoms with van der Waals surface area (Å²) in [5.74, 6) is 1.77. The van der Waals surface area contributed by atoms with Crippen molar-refractivity contribution in [2.75, 3.05) is 49.7 Å². The summed E-state index contributed by atoms with van der Waals surface area (Å²) < 4.78 is 16.4. The van der Waals surface area contributed by atoms with Crippen LogP contribution < -0.4 is 19.7 Å². The molecule has 0 unspecified atom stereocenters. The van der Waals surface area contributed by atoms with Crippen molar-refractivity contribution in [2.45, 2.75) is 26.7 Å². The van der Waals surface area contributed by atoms with Gasteiger partial charge in [-0.2, -0.15) is 15.0 Å². The van der Waals surface area contributed by atoms with Gasteiger partial charge >= 0.3 is 6.01 Å². The van der Waals surface area contributed by atoms with Crippen molar-refractivity contribution in [3.05, 3.63) is 12.1 Å². The smallest absolute Gasteiger partial charge is 0.330 e. The lowest BCUT2D eigenvalue weighted by Crippen LogP contribution is -2.37. The summed E-state index contributed by atoms with van der Waals surface area (Å²) in [4.78, 5) is 15.3. The van der Waals surface area contributed by atoms with Gasteiger partial charge in [0.15, 0.2) is 0 Å². The summed E-state index contributed by atoms with van der Waals surface area (Å²) >= 11 is 0. The van der Waals surface area contributed by atoms with Crippen LogP contribution in [0.4, 0.5) is 11.9 Å². The molecule has 0 aromatic carbocycles. The zero-order chi connectivity index (χ0) is 18.9. The van der Waals surface area contributed by atoms with Crippen LogP contribution >= 0.6 is 0 Å². The van der Waals surface area contributed by atoms with Gasteiger partial charge in [-0.1, -0.05) is 13.3 Å². The Kier molecular flexibility index (Phi) is 6.91. The second kappa shape index (κ2) is 9.81. The summed E-state index contributed by atoms with van der Waals surface area (Å²) in [5, 5.41) is 11.2. The molecule has 146 valence electrons. The third-order valence-corrected chi connectivity index (χ3v) is 3.81. The molecule has 0 spiro atoms. The van der Waals surface area contributed by atoms with E-state index >= 15 is 0 Å². The number of aromatic nitrogens is 5.